The lowest BCUT2D eigenvalue weighted by atomic mass is 10.1. The van der Waals surface area contributed by atoms with Crippen LogP contribution in [0.15, 0.2) is 47.4 Å². The summed E-state index contributed by atoms with van der Waals surface area (Å²) in [5.41, 5.74) is -1.27. The molecule has 3 nitrogen and oxygen atoms in total. The van der Waals surface area contributed by atoms with Gasteiger partial charge in [-0.1, -0.05) is 24.0 Å². The van der Waals surface area contributed by atoms with Crippen LogP contribution in [0, 0.1) is 23.5 Å². The summed E-state index contributed by atoms with van der Waals surface area (Å²) in [6.45, 7) is -0.550. The molecule has 2 rings (SSSR count). The quantitative estimate of drug-likeness (QED) is 0.661. The molecule has 0 atom stereocenters. The number of hydrogen-bond donors (Lipinski definition) is 1. The number of rotatable bonds is 3. The molecule has 0 aromatic heterocycles. The van der Waals surface area contributed by atoms with E-state index in [1.165, 1.54) is 12.1 Å². The number of hydrogen-bond acceptors (Lipinski definition) is 2. The number of alkyl halides is 3. The average molecular weight is 375 g/mol. The predicted molar refractivity (Wildman–Crippen MR) is 79.9 cm³/mol. The van der Waals surface area contributed by atoms with Crippen molar-refractivity contribution in [3.63, 3.8) is 0 Å². The molecule has 0 aliphatic rings. The van der Waals surface area contributed by atoms with Crippen molar-refractivity contribution in [2.45, 2.75) is 11.1 Å². The van der Waals surface area contributed by atoms with Crippen LogP contribution in [0.2, 0.25) is 0 Å². The van der Waals surface area contributed by atoms with Gasteiger partial charge in [-0.15, -0.1) is 0 Å². The van der Waals surface area contributed by atoms with E-state index in [2.05, 4.69) is 11.8 Å². The van der Waals surface area contributed by atoms with E-state index < -0.39 is 44.8 Å². The Bertz CT molecular complexity index is 943. The molecule has 2 aromatic rings. The van der Waals surface area contributed by atoms with E-state index in [0.29, 0.717) is 6.07 Å². The van der Waals surface area contributed by atoms with Crippen molar-refractivity contribution < 1.29 is 30.4 Å². The Morgan fingerprint density at radius 2 is 1.72 bits per heavy atom. The zero-order valence-corrected chi connectivity index (χ0v) is 13.2. The Kier molecular flexibility index (Phi) is 5.45. The van der Waals surface area contributed by atoms with Gasteiger partial charge in [-0.25, -0.2) is 17.2 Å². The molecule has 0 radical (unpaired) electrons. The Morgan fingerprint density at radius 1 is 1.04 bits per heavy atom. The Morgan fingerprint density at radius 3 is 2.36 bits per heavy atom. The van der Waals surface area contributed by atoms with E-state index >= 15 is 0 Å². The van der Waals surface area contributed by atoms with E-state index in [1.807, 2.05) is 4.72 Å². The van der Waals surface area contributed by atoms with Crippen molar-refractivity contribution in [3.8, 4) is 11.8 Å². The largest absolute Gasteiger partial charge is 0.417 e. The third kappa shape index (κ3) is 4.78. The van der Waals surface area contributed by atoms with Gasteiger partial charge in [0.2, 0.25) is 10.0 Å². The first-order valence-electron chi connectivity index (χ1n) is 6.71. The van der Waals surface area contributed by atoms with Crippen LogP contribution in [0.3, 0.4) is 0 Å². The summed E-state index contributed by atoms with van der Waals surface area (Å²) in [5.74, 6) is 2.22. The minimum absolute atomic E-state index is 0.317. The van der Waals surface area contributed by atoms with E-state index in [9.17, 15) is 30.4 Å². The number of halogens is 5. The van der Waals surface area contributed by atoms with Gasteiger partial charge < -0.3 is 0 Å². The molecule has 0 heterocycles. The van der Waals surface area contributed by atoms with Crippen molar-refractivity contribution >= 4 is 10.0 Å². The number of nitrogens with one attached hydrogen (secondary N) is 1. The van der Waals surface area contributed by atoms with Crippen molar-refractivity contribution in [1.82, 2.24) is 4.72 Å². The van der Waals surface area contributed by atoms with Gasteiger partial charge in [0.05, 0.1) is 12.1 Å². The Balaban J connectivity index is 2.16. The lowest BCUT2D eigenvalue weighted by molar-refractivity contribution is -0.137. The molecule has 0 aliphatic heterocycles. The minimum atomic E-state index is -4.60. The fraction of sp³-hybridized carbons (Fsp3) is 0.125. The lowest BCUT2D eigenvalue weighted by Gasteiger charge is -2.08. The van der Waals surface area contributed by atoms with Gasteiger partial charge in [-0.05, 0) is 24.3 Å². The third-order valence-electron chi connectivity index (χ3n) is 2.99. The summed E-state index contributed by atoms with van der Waals surface area (Å²) < 4.78 is 90.3. The van der Waals surface area contributed by atoms with E-state index in [4.69, 9.17) is 0 Å². The minimum Gasteiger partial charge on any atom is -0.207 e. The molecule has 0 spiro atoms. The van der Waals surface area contributed by atoms with Crippen LogP contribution >= 0.6 is 0 Å². The van der Waals surface area contributed by atoms with Gasteiger partial charge in [0.15, 0.2) is 0 Å². The van der Waals surface area contributed by atoms with Crippen LogP contribution in [0.25, 0.3) is 0 Å². The summed E-state index contributed by atoms with van der Waals surface area (Å²) >= 11 is 0. The second-order valence-electron chi connectivity index (χ2n) is 4.74. The number of sulfonamides is 1. The van der Waals surface area contributed by atoms with Crippen molar-refractivity contribution in [3.05, 3.63) is 65.2 Å². The maximum absolute atomic E-state index is 13.5. The summed E-state index contributed by atoms with van der Waals surface area (Å²) in [5, 5.41) is 0. The molecule has 9 heteroatoms. The molecule has 2 aromatic carbocycles. The fourth-order valence-electron chi connectivity index (χ4n) is 1.88. The Labute approximate surface area is 140 Å². The first-order chi connectivity index (χ1) is 11.6. The van der Waals surface area contributed by atoms with Crippen LogP contribution < -0.4 is 4.72 Å². The highest BCUT2D eigenvalue weighted by molar-refractivity contribution is 7.89. The topological polar surface area (TPSA) is 46.2 Å². The molecule has 1 N–H and O–H groups in total. The molecule has 0 bridgehead atoms. The molecular formula is C16H10F5NO2S. The second-order valence-corrected chi connectivity index (χ2v) is 6.48. The molecule has 0 unspecified atom stereocenters. The maximum atomic E-state index is 13.5. The highest BCUT2D eigenvalue weighted by Crippen LogP contribution is 2.31. The molecular weight excluding hydrogens is 365 g/mol. The monoisotopic (exact) mass is 375 g/mol. The fourth-order valence-corrected chi connectivity index (χ4v) is 2.86. The highest BCUT2D eigenvalue weighted by atomic mass is 32.2. The van der Waals surface area contributed by atoms with Gasteiger partial charge in [-0.2, -0.15) is 17.9 Å². The first-order valence-corrected chi connectivity index (χ1v) is 8.19. The van der Waals surface area contributed by atoms with Crippen LogP contribution in [0.1, 0.15) is 11.1 Å². The molecule has 0 saturated carbocycles. The van der Waals surface area contributed by atoms with Crippen LogP contribution in [0.5, 0.6) is 0 Å². The summed E-state index contributed by atoms with van der Waals surface area (Å²) in [6, 6.07) is 6.46. The smallest absolute Gasteiger partial charge is 0.207 e. The van der Waals surface area contributed by atoms with Crippen LogP contribution in [-0.2, 0) is 16.2 Å². The molecule has 0 fully saturated rings. The van der Waals surface area contributed by atoms with Gasteiger partial charge in [0.25, 0.3) is 0 Å². The predicted octanol–water partition coefficient (Wildman–Crippen LogP) is 3.31. The SMILES string of the molecule is O=S(=O)(NCC#Cc1ccccc1C(F)(F)F)c1ccc(F)cc1F. The summed E-state index contributed by atoms with van der Waals surface area (Å²) in [4.78, 5) is -0.786. The second kappa shape index (κ2) is 7.21. The van der Waals surface area contributed by atoms with E-state index in [0.717, 1.165) is 24.3 Å². The molecule has 0 saturated heterocycles. The lowest BCUT2D eigenvalue weighted by Crippen LogP contribution is -2.25. The first kappa shape index (κ1) is 18.9. The van der Waals surface area contributed by atoms with Gasteiger partial charge in [0.1, 0.15) is 16.5 Å². The normalized spacial score (nSPS) is 11.7. The van der Waals surface area contributed by atoms with Gasteiger partial charge in [-0.3, -0.25) is 0 Å². The van der Waals surface area contributed by atoms with Crippen LogP contribution in [-0.4, -0.2) is 15.0 Å². The number of benzene rings is 2. The molecule has 25 heavy (non-hydrogen) atoms. The third-order valence-corrected chi connectivity index (χ3v) is 4.42. The Hall–Kier alpha value is -2.44. The van der Waals surface area contributed by atoms with E-state index in [-0.39, 0.29) is 5.56 Å². The summed E-state index contributed by atoms with van der Waals surface area (Å²) in [6.07, 6.45) is -4.60. The van der Waals surface area contributed by atoms with E-state index in [1.54, 1.807) is 0 Å². The maximum Gasteiger partial charge on any atom is 0.417 e. The molecule has 0 aliphatic carbocycles. The van der Waals surface area contributed by atoms with Crippen LogP contribution in [0.4, 0.5) is 22.0 Å². The molecule has 0 amide bonds. The zero-order valence-electron chi connectivity index (χ0n) is 12.4. The van der Waals surface area contributed by atoms with Crippen molar-refractivity contribution in [2.24, 2.45) is 0 Å². The summed E-state index contributed by atoms with van der Waals surface area (Å²) in [7, 11) is -4.32. The average Bonchev–Trinajstić information content (AvgIpc) is 2.50. The van der Waals surface area contributed by atoms with Gasteiger partial charge >= 0.3 is 6.18 Å². The van der Waals surface area contributed by atoms with Gasteiger partial charge in [0, 0.05) is 11.6 Å². The van der Waals surface area contributed by atoms with Crippen molar-refractivity contribution in [2.75, 3.05) is 6.54 Å². The zero-order chi connectivity index (χ0) is 18.7. The molecule has 132 valence electrons. The highest BCUT2D eigenvalue weighted by Gasteiger charge is 2.32. The standard InChI is InChI=1S/C16H10F5NO2S/c17-12-7-8-15(14(18)10-12)25(23,24)22-9-3-5-11-4-1-2-6-13(11)16(19,20)21/h1-2,4,6-8,10,22H,9H2. The van der Waals surface area contributed by atoms with Crippen molar-refractivity contribution in [1.29, 1.82) is 0 Å².